The van der Waals surface area contributed by atoms with Crippen LogP contribution >= 0.6 is 0 Å². The highest BCUT2D eigenvalue weighted by Crippen LogP contribution is 2.25. The van der Waals surface area contributed by atoms with Gasteiger partial charge in [0.05, 0.1) is 20.6 Å². The van der Waals surface area contributed by atoms with Gasteiger partial charge in [0.1, 0.15) is 16.9 Å². The van der Waals surface area contributed by atoms with Gasteiger partial charge in [-0.15, -0.1) is 0 Å². The number of carbonyl (C=O) groups is 1. The third-order valence-corrected chi connectivity index (χ3v) is 5.79. The summed E-state index contributed by atoms with van der Waals surface area (Å²) in [6.45, 7) is 2.48. The first-order valence-electron chi connectivity index (χ1n) is 9.64. The lowest BCUT2D eigenvalue weighted by Gasteiger charge is -2.39. The maximum atomic E-state index is 12.3. The molecule has 1 aromatic carbocycles. The normalized spacial score (nSPS) is 16.4. The molecule has 1 heterocycles. The smallest absolute Gasteiger partial charge is 0.336 e. The summed E-state index contributed by atoms with van der Waals surface area (Å²) in [5.41, 5.74) is 1.06. The van der Waals surface area contributed by atoms with Crippen molar-refractivity contribution >= 4 is 16.9 Å². The van der Waals surface area contributed by atoms with Crippen molar-refractivity contribution in [2.75, 3.05) is 27.2 Å². The highest BCUT2D eigenvalue weighted by Gasteiger charge is 2.38. The van der Waals surface area contributed by atoms with Crippen LogP contribution < -0.4 is 20.6 Å². The zero-order chi connectivity index (χ0) is 19.4. The average molecular weight is 373 g/mol. The molecular formula is C21H29N2O4+. The lowest BCUT2D eigenvalue weighted by molar-refractivity contribution is -0.916. The number of likely N-dealkylation sites (N-methyl/N-ethyl adjacent to an activating group) is 1. The molecule has 6 heteroatoms. The summed E-state index contributed by atoms with van der Waals surface area (Å²) in [7, 11) is 4.33. The molecular weight excluding hydrogens is 344 g/mol. The number of ether oxygens (including phenoxy) is 1. The van der Waals surface area contributed by atoms with Gasteiger partial charge in [0.25, 0.3) is 5.91 Å². The van der Waals surface area contributed by atoms with Gasteiger partial charge in [0.15, 0.2) is 6.61 Å². The summed E-state index contributed by atoms with van der Waals surface area (Å²) >= 11 is 0. The van der Waals surface area contributed by atoms with Crippen LogP contribution in [-0.4, -0.2) is 38.7 Å². The Morgan fingerprint density at radius 3 is 2.67 bits per heavy atom. The molecule has 0 spiro atoms. The predicted molar refractivity (Wildman–Crippen MR) is 104 cm³/mol. The molecule has 2 N–H and O–H groups in total. The topological polar surface area (TPSA) is 73.0 Å². The lowest BCUT2D eigenvalue weighted by atomic mass is 9.80. The van der Waals surface area contributed by atoms with Gasteiger partial charge in [0, 0.05) is 30.4 Å². The van der Waals surface area contributed by atoms with E-state index in [-0.39, 0.29) is 23.7 Å². The average Bonchev–Trinajstić information content (AvgIpc) is 2.65. The third-order valence-electron chi connectivity index (χ3n) is 5.79. The highest BCUT2D eigenvalue weighted by molar-refractivity contribution is 5.81. The zero-order valence-corrected chi connectivity index (χ0v) is 16.4. The molecule has 0 atom stereocenters. The molecule has 6 nitrogen and oxygen atoms in total. The van der Waals surface area contributed by atoms with E-state index in [4.69, 9.17) is 9.15 Å². The van der Waals surface area contributed by atoms with E-state index in [2.05, 4.69) is 19.4 Å². The van der Waals surface area contributed by atoms with Crippen LogP contribution in [0.1, 0.15) is 37.7 Å². The van der Waals surface area contributed by atoms with Crippen LogP contribution in [0, 0.1) is 6.92 Å². The molecule has 1 amide bonds. The monoisotopic (exact) mass is 373 g/mol. The van der Waals surface area contributed by atoms with E-state index in [0.29, 0.717) is 17.9 Å². The summed E-state index contributed by atoms with van der Waals surface area (Å²) in [5.74, 6) is 0.379. The minimum Gasteiger partial charge on any atom is -0.484 e. The van der Waals surface area contributed by atoms with E-state index in [0.717, 1.165) is 23.8 Å². The van der Waals surface area contributed by atoms with Crippen molar-refractivity contribution in [3.63, 3.8) is 0 Å². The Kier molecular flexibility index (Phi) is 5.85. The van der Waals surface area contributed by atoms with E-state index in [1.165, 1.54) is 30.2 Å². The van der Waals surface area contributed by atoms with Crippen molar-refractivity contribution in [1.29, 1.82) is 0 Å². The molecule has 2 aromatic rings. The number of hydrogen-bond acceptors (Lipinski definition) is 4. The number of quaternary nitrogens is 1. The number of aryl methyl sites for hydroxylation is 1. The molecule has 0 saturated heterocycles. The van der Waals surface area contributed by atoms with Gasteiger partial charge in [0.2, 0.25) is 0 Å². The van der Waals surface area contributed by atoms with Crippen molar-refractivity contribution in [1.82, 2.24) is 5.32 Å². The van der Waals surface area contributed by atoms with Gasteiger partial charge in [-0.1, -0.05) is 6.42 Å². The van der Waals surface area contributed by atoms with Crippen molar-refractivity contribution in [2.24, 2.45) is 0 Å². The maximum Gasteiger partial charge on any atom is 0.336 e. The van der Waals surface area contributed by atoms with Gasteiger partial charge in [-0.05, 0) is 37.5 Å². The van der Waals surface area contributed by atoms with Crippen molar-refractivity contribution in [3.05, 3.63) is 40.2 Å². The van der Waals surface area contributed by atoms with Crippen molar-refractivity contribution < 1.29 is 18.8 Å². The molecule has 1 aromatic heterocycles. The molecule has 0 aliphatic heterocycles. The molecule has 0 radical (unpaired) electrons. The van der Waals surface area contributed by atoms with E-state index in [1.54, 1.807) is 12.1 Å². The molecule has 0 bridgehead atoms. The standard InChI is InChI=1S/C21H28N2O4/c1-15-11-20(25)27-18-12-16(7-8-17(15)18)26-13-19(24)22-14-21(23(2)3)9-5-4-6-10-21/h7-8,11-12H,4-6,9-10,13-14H2,1-3H3,(H,22,24)/p+1. The van der Waals surface area contributed by atoms with Crippen LogP contribution in [0.15, 0.2) is 33.5 Å². The molecule has 1 aliphatic carbocycles. The van der Waals surface area contributed by atoms with Crippen molar-refractivity contribution in [3.8, 4) is 5.75 Å². The number of fused-ring (bicyclic) bond motifs is 1. The molecule has 1 aliphatic rings. The summed E-state index contributed by atoms with van der Waals surface area (Å²) in [4.78, 5) is 25.2. The Balaban J connectivity index is 1.59. The van der Waals surface area contributed by atoms with Crippen LogP contribution in [0.25, 0.3) is 11.0 Å². The Morgan fingerprint density at radius 2 is 1.96 bits per heavy atom. The van der Waals surface area contributed by atoms with Crippen LogP contribution in [0.2, 0.25) is 0 Å². The maximum absolute atomic E-state index is 12.3. The van der Waals surface area contributed by atoms with Crippen LogP contribution in [0.3, 0.4) is 0 Å². The van der Waals surface area contributed by atoms with Crippen LogP contribution in [0.5, 0.6) is 5.75 Å². The largest absolute Gasteiger partial charge is 0.484 e. The zero-order valence-electron chi connectivity index (χ0n) is 16.4. The SMILES string of the molecule is Cc1cc(=O)oc2cc(OCC(=O)NCC3([NH+](C)C)CCCCC3)ccc12. The third kappa shape index (κ3) is 4.50. The molecule has 1 fully saturated rings. The number of carbonyl (C=O) groups excluding carboxylic acids is 1. The van der Waals surface area contributed by atoms with Crippen LogP contribution in [0.4, 0.5) is 0 Å². The number of rotatable bonds is 6. The highest BCUT2D eigenvalue weighted by atomic mass is 16.5. The fraction of sp³-hybridized carbons (Fsp3) is 0.524. The lowest BCUT2D eigenvalue weighted by Crippen LogP contribution is -3.16. The second-order valence-corrected chi connectivity index (χ2v) is 7.81. The summed E-state index contributed by atoms with van der Waals surface area (Å²) in [5, 5.41) is 3.90. The summed E-state index contributed by atoms with van der Waals surface area (Å²) in [6, 6.07) is 6.75. The molecule has 1 saturated carbocycles. The first kappa shape index (κ1) is 19.4. The van der Waals surface area contributed by atoms with Gasteiger partial charge in [-0.3, -0.25) is 4.79 Å². The Hall–Kier alpha value is -2.34. The quantitative estimate of drug-likeness (QED) is 0.752. The second kappa shape index (κ2) is 8.13. The van der Waals surface area contributed by atoms with Crippen molar-refractivity contribution in [2.45, 2.75) is 44.6 Å². The fourth-order valence-corrected chi connectivity index (χ4v) is 3.94. The number of benzene rings is 1. The Morgan fingerprint density at radius 1 is 1.22 bits per heavy atom. The van der Waals surface area contributed by atoms with Gasteiger partial charge in [-0.2, -0.15) is 0 Å². The van der Waals surface area contributed by atoms with E-state index >= 15 is 0 Å². The van der Waals surface area contributed by atoms with Gasteiger partial charge in [-0.25, -0.2) is 4.79 Å². The number of hydrogen-bond donors (Lipinski definition) is 2. The summed E-state index contributed by atoms with van der Waals surface area (Å²) in [6.07, 6.45) is 6.00. The van der Waals surface area contributed by atoms with E-state index in [1.807, 2.05) is 13.0 Å². The molecule has 0 unspecified atom stereocenters. The first-order chi connectivity index (χ1) is 12.9. The van der Waals surface area contributed by atoms with E-state index < -0.39 is 0 Å². The van der Waals surface area contributed by atoms with Crippen LogP contribution in [-0.2, 0) is 4.79 Å². The predicted octanol–water partition coefficient (Wildman–Crippen LogP) is 1.44. The molecule has 3 rings (SSSR count). The van der Waals surface area contributed by atoms with Gasteiger partial charge >= 0.3 is 5.63 Å². The van der Waals surface area contributed by atoms with Gasteiger partial charge < -0.3 is 19.4 Å². The minimum atomic E-state index is -0.390. The second-order valence-electron chi connectivity index (χ2n) is 7.81. The number of amides is 1. The first-order valence-corrected chi connectivity index (χ1v) is 9.64. The fourth-order valence-electron chi connectivity index (χ4n) is 3.94. The molecule has 27 heavy (non-hydrogen) atoms. The molecule has 146 valence electrons. The summed E-state index contributed by atoms with van der Waals surface area (Å²) < 4.78 is 10.8. The Bertz CT molecular complexity index is 866. The Labute approximate surface area is 159 Å². The number of nitrogens with one attached hydrogen (secondary N) is 2. The van der Waals surface area contributed by atoms with E-state index in [9.17, 15) is 9.59 Å². The minimum absolute atomic E-state index is 0.0552.